The van der Waals surface area contributed by atoms with Gasteiger partial charge < -0.3 is 11.1 Å². The first-order valence-electron chi connectivity index (χ1n) is 9.65. The van der Waals surface area contributed by atoms with Crippen LogP contribution < -0.4 is 11.1 Å². The van der Waals surface area contributed by atoms with E-state index in [-0.39, 0.29) is 5.91 Å². The van der Waals surface area contributed by atoms with E-state index in [1.54, 1.807) is 23.0 Å². The second-order valence-corrected chi connectivity index (χ2v) is 8.12. The van der Waals surface area contributed by atoms with E-state index in [0.717, 1.165) is 27.0 Å². The highest BCUT2D eigenvalue weighted by atomic mass is 32.1. The highest BCUT2D eigenvalue weighted by Crippen LogP contribution is 2.28. The average molecular weight is 427 g/mol. The summed E-state index contributed by atoms with van der Waals surface area (Å²) in [4.78, 5) is 17.6. The fraction of sp³-hybridized carbons (Fsp3) is 0.0435. The van der Waals surface area contributed by atoms with Crippen LogP contribution in [0.15, 0.2) is 79.1 Å². The van der Waals surface area contributed by atoms with Gasteiger partial charge in [0.25, 0.3) is 5.91 Å². The van der Waals surface area contributed by atoms with Crippen molar-refractivity contribution in [3.63, 3.8) is 0 Å². The summed E-state index contributed by atoms with van der Waals surface area (Å²) in [5, 5.41) is 12.3. The Hall–Kier alpha value is -4.04. The third-order valence-corrected chi connectivity index (χ3v) is 5.92. The van der Waals surface area contributed by atoms with E-state index in [2.05, 4.69) is 26.7 Å². The van der Waals surface area contributed by atoms with Crippen LogP contribution >= 0.6 is 11.3 Å². The maximum atomic E-state index is 12.7. The summed E-state index contributed by atoms with van der Waals surface area (Å²) < 4.78 is 2.82. The Morgan fingerprint density at radius 3 is 2.74 bits per heavy atom. The van der Waals surface area contributed by atoms with Crippen LogP contribution in [0.4, 0.5) is 11.4 Å². The van der Waals surface area contributed by atoms with E-state index in [9.17, 15) is 4.79 Å². The largest absolute Gasteiger partial charge is 0.397 e. The number of aromatic nitrogens is 4. The molecular formula is C23H18N6OS. The van der Waals surface area contributed by atoms with Gasteiger partial charge in [0.2, 0.25) is 0 Å². The third-order valence-electron chi connectivity index (χ3n) is 4.83. The molecule has 0 aliphatic carbocycles. The van der Waals surface area contributed by atoms with Gasteiger partial charge in [-0.15, -0.1) is 16.4 Å². The van der Waals surface area contributed by atoms with Crippen LogP contribution in [0.5, 0.6) is 0 Å². The molecule has 0 aliphatic heterocycles. The predicted octanol–water partition coefficient (Wildman–Crippen LogP) is 4.44. The summed E-state index contributed by atoms with van der Waals surface area (Å²) in [6.07, 6.45) is 3.61. The molecule has 2 aromatic carbocycles. The van der Waals surface area contributed by atoms with Gasteiger partial charge >= 0.3 is 0 Å². The van der Waals surface area contributed by atoms with E-state index < -0.39 is 0 Å². The molecule has 0 spiro atoms. The normalized spacial score (nSPS) is 11.0. The van der Waals surface area contributed by atoms with E-state index >= 15 is 0 Å². The molecular weight excluding hydrogens is 408 g/mol. The molecule has 1 amide bonds. The molecule has 0 aliphatic rings. The number of hydrogen-bond donors (Lipinski definition) is 2. The highest BCUT2D eigenvalue weighted by molar-refractivity contribution is 7.20. The molecule has 0 bridgehead atoms. The molecule has 8 heteroatoms. The molecule has 0 saturated carbocycles. The summed E-state index contributed by atoms with van der Waals surface area (Å²) in [5.74, 6) is -0.170. The molecule has 0 atom stereocenters. The Morgan fingerprint density at radius 2 is 1.90 bits per heavy atom. The number of carbonyl (C=O) groups excluding carboxylic acids is 1. The number of benzene rings is 2. The maximum Gasteiger partial charge on any atom is 0.265 e. The van der Waals surface area contributed by atoms with Gasteiger partial charge in [-0.2, -0.15) is 0 Å². The molecule has 0 radical (unpaired) electrons. The quantitative estimate of drug-likeness (QED) is 0.405. The van der Waals surface area contributed by atoms with Gasteiger partial charge in [-0.1, -0.05) is 35.5 Å². The van der Waals surface area contributed by atoms with E-state index in [1.807, 2.05) is 54.7 Å². The molecule has 3 aromatic heterocycles. The number of rotatable bonds is 5. The van der Waals surface area contributed by atoms with Crippen molar-refractivity contribution < 1.29 is 4.79 Å². The zero-order valence-electron chi connectivity index (χ0n) is 16.4. The Labute approximate surface area is 182 Å². The van der Waals surface area contributed by atoms with Gasteiger partial charge in [0.15, 0.2) is 0 Å². The first kappa shape index (κ1) is 19.0. The number of anilines is 2. The van der Waals surface area contributed by atoms with Gasteiger partial charge in [-0.05, 0) is 47.3 Å². The molecule has 3 heterocycles. The van der Waals surface area contributed by atoms with E-state index in [0.29, 0.717) is 22.8 Å². The lowest BCUT2D eigenvalue weighted by molar-refractivity contribution is 0.103. The number of hydrogen-bond acceptors (Lipinski definition) is 6. The van der Waals surface area contributed by atoms with Gasteiger partial charge in [0.05, 0.1) is 34.7 Å². The number of fused-ring (bicyclic) bond motifs is 1. The second kappa shape index (κ2) is 8.00. The molecule has 0 fully saturated rings. The van der Waals surface area contributed by atoms with Crippen molar-refractivity contribution in [3.8, 4) is 11.4 Å². The first-order valence-corrected chi connectivity index (χ1v) is 10.5. The molecule has 5 rings (SSSR count). The number of thiophene rings is 1. The number of pyridine rings is 1. The number of nitrogens with one attached hydrogen (secondary N) is 1. The SMILES string of the molecule is Nc1ccccc1NC(=O)c1cc2ccc(Cn3cc(-c4ccccn4)nn3)cc2s1. The van der Waals surface area contributed by atoms with E-state index in [1.165, 1.54) is 11.3 Å². The van der Waals surface area contributed by atoms with Crippen molar-refractivity contribution in [2.75, 3.05) is 11.1 Å². The van der Waals surface area contributed by atoms with Crippen molar-refractivity contribution in [2.45, 2.75) is 6.54 Å². The summed E-state index contributed by atoms with van der Waals surface area (Å²) >= 11 is 1.45. The van der Waals surface area contributed by atoms with Crippen LogP contribution in [0, 0.1) is 0 Å². The lowest BCUT2D eigenvalue weighted by Gasteiger charge is -2.05. The van der Waals surface area contributed by atoms with Crippen molar-refractivity contribution in [3.05, 3.63) is 89.6 Å². The Bertz CT molecular complexity index is 1380. The molecule has 7 nitrogen and oxygen atoms in total. The third kappa shape index (κ3) is 4.01. The van der Waals surface area contributed by atoms with Crippen molar-refractivity contribution in [1.29, 1.82) is 0 Å². The van der Waals surface area contributed by atoms with Gasteiger partial charge in [-0.3, -0.25) is 9.78 Å². The second-order valence-electron chi connectivity index (χ2n) is 7.04. The van der Waals surface area contributed by atoms with Crippen molar-refractivity contribution in [1.82, 2.24) is 20.0 Å². The lowest BCUT2D eigenvalue weighted by Crippen LogP contribution is -2.11. The summed E-state index contributed by atoms with van der Waals surface area (Å²) in [6.45, 7) is 0.579. The van der Waals surface area contributed by atoms with Crippen molar-refractivity contribution >= 4 is 38.7 Å². The monoisotopic (exact) mass is 426 g/mol. The standard InChI is InChI=1S/C23H18N6OS/c24-17-5-1-2-6-18(17)26-23(30)22-12-16-9-8-15(11-21(16)31-22)13-29-14-20(27-28-29)19-7-3-4-10-25-19/h1-12,14H,13,24H2,(H,26,30). The fourth-order valence-corrected chi connectivity index (χ4v) is 4.30. The summed E-state index contributed by atoms with van der Waals surface area (Å²) in [5.41, 5.74) is 9.67. The molecule has 3 N–H and O–H groups in total. The number of nitrogens with two attached hydrogens (primary N) is 1. The molecule has 0 saturated heterocycles. The topological polar surface area (TPSA) is 98.7 Å². The molecule has 5 aromatic rings. The zero-order valence-corrected chi connectivity index (χ0v) is 17.2. The van der Waals surface area contributed by atoms with Crippen LogP contribution in [0.25, 0.3) is 21.5 Å². The van der Waals surface area contributed by atoms with Crippen LogP contribution in [-0.2, 0) is 6.54 Å². The Morgan fingerprint density at radius 1 is 1.03 bits per heavy atom. The summed E-state index contributed by atoms with van der Waals surface area (Å²) in [6, 6.07) is 20.9. The number of amides is 1. The predicted molar refractivity (Wildman–Crippen MR) is 123 cm³/mol. The van der Waals surface area contributed by atoms with Gasteiger partial charge in [-0.25, -0.2) is 4.68 Å². The smallest absolute Gasteiger partial charge is 0.265 e. The first-order chi connectivity index (χ1) is 15.2. The fourth-order valence-electron chi connectivity index (χ4n) is 3.27. The van der Waals surface area contributed by atoms with E-state index in [4.69, 9.17) is 5.73 Å². The van der Waals surface area contributed by atoms with Gasteiger partial charge in [0.1, 0.15) is 5.69 Å². The Kier molecular flexibility index (Phi) is 4.89. The van der Waals surface area contributed by atoms with Crippen LogP contribution in [0.1, 0.15) is 15.2 Å². The maximum absolute atomic E-state index is 12.7. The lowest BCUT2D eigenvalue weighted by atomic mass is 10.1. The molecule has 0 unspecified atom stereocenters. The molecule has 152 valence electrons. The average Bonchev–Trinajstić information content (AvgIpc) is 3.43. The van der Waals surface area contributed by atoms with Crippen molar-refractivity contribution in [2.24, 2.45) is 0 Å². The number of carbonyl (C=O) groups is 1. The minimum Gasteiger partial charge on any atom is -0.397 e. The summed E-state index contributed by atoms with van der Waals surface area (Å²) in [7, 11) is 0. The highest BCUT2D eigenvalue weighted by Gasteiger charge is 2.13. The number of nitrogens with zero attached hydrogens (tertiary/aromatic N) is 4. The van der Waals surface area contributed by atoms with Crippen LogP contribution in [0.2, 0.25) is 0 Å². The van der Waals surface area contributed by atoms with Crippen LogP contribution in [0.3, 0.4) is 0 Å². The number of nitrogen functional groups attached to an aromatic ring is 1. The minimum absolute atomic E-state index is 0.170. The molecule has 31 heavy (non-hydrogen) atoms. The zero-order chi connectivity index (χ0) is 21.2. The van der Waals surface area contributed by atoms with Crippen LogP contribution in [-0.4, -0.2) is 25.9 Å². The minimum atomic E-state index is -0.170. The Balaban J connectivity index is 1.34. The van der Waals surface area contributed by atoms with Gasteiger partial charge in [0, 0.05) is 10.9 Å². The number of para-hydroxylation sites is 2.